The van der Waals surface area contributed by atoms with E-state index in [0.29, 0.717) is 5.69 Å². The molecule has 1 rings (SSSR count). The lowest BCUT2D eigenvalue weighted by Gasteiger charge is -2.05. The van der Waals surface area contributed by atoms with E-state index in [9.17, 15) is 0 Å². The summed E-state index contributed by atoms with van der Waals surface area (Å²) in [5.41, 5.74) is 0.627. The van der Waals surface area contributed by atoms with Crippen molar-refractivity contribution in [1.29, 1.82) is 0 Å². The predicted molar refractivity (Wildman–Crippen MR) is 35.3 cm³/mol. The fraction of sp³-hybridized carbons (Fsp3) is 0.500. The van der Waals surface area contributed by atoms with Gasteiger partial charge in [0.05, 0.1) is 24.8 Å². The zero-order chi connectivity index (χ0) is 7.56. The van der Waals surface area contributed by atoms with E-state index in [0.717, 1.165) is 0 Å². The molecular weight excluding hydrogens is 132 g/mol. The van der Waals surface area contributed by atoms with Gasteiger partial charge >= 0.3 is 0 Å². The molecule has 0 radical (unpaired) electrons. The highest BCUT2D eigenvalue weighted by atomic mass is 16.3. The van der Waals surface area contributed by atoms with Crippen LogP contribution in [0.5, 0.6) is 0 Å². The molecule has 0 saturated carbocycles. The largest absolute Gasteiger partial charge is 0.393 e. The van der Waals surface area contributed by atoms with Gasteiger partial charge in [-0.3, -0.25) is 0 Å². The molecule has 0 aliphatic rings. The molecule has 1 aromatic heterocycles. The maximum absolute atomic E-state index is 9.09. The van der Waals surface area contributed by atoms with Crippen molar-refractivity contribution in [2.75, 3.05) is 6.61 Å². The minimum atomic E-state index is -0.813. The van der Waals surface area contributed by atoms with Gasteiger partial charge in [-0.15, -0.1) is 0 Å². The molecule has 0 aliphatic carbocycles. The van der Waals surface area contributed by atoms with Gasteiger partial charge in [-0.25, -0.2) is 4.98 Å². The first kappa shape index (κ1) is 7.24. The Bertz CT molecular complexity index is 209. The summed E-state index contributed by atoms with van der Waals surface area (Å²) in [5, 5.41) is 17.6. The van der Waals surface area contributed by atoms with Crippen LogP contribution in [0.15, 0.2) is 12.5 Å². The summed E-state index contributed by atoms with van der Waals surface area (Å²) in [6, 6.07) is 0. The van der Waals surface area contributed by atoms with Gasteiger partial charge in [-0.05, 0) is 0 Å². The van der Waals surface area contributed by atoms with E-state index >= 15 is 0 Å². The van der Waals surface area contributed by atoms with E-state index in [1.807, 2.05) is 0 Å². The minimum absolute atomic E-state index is 0.264. The highest BCUT2D eigenvalue weighted by molar-refractivity contribution is 5.01. The Hall–Kier alpha value is -0.870. The Balaban J connectivity index is 2.82. The standard InChI is InChI=1S/C6H10N2O2/c1-8-4-7-2-5(8)6(10)3-9/h2,4,6,9-10H,3H2,1H3. The van der Waals surface area contributed by atoms with Crippen LogP contribution >= 0.6 is 0 Å². The Morgan fingerprint density at radius 2 is 2.50 bits per heavy atom. The number of imidazole rings is 1. The third-order valence-corrected chi connectivity index (χ3v) is 1.37. The molecule has 2 N–H and O–H groups in total. The third kappa shape index (κ3) is 1.17. The Kier molecular flexibility index (Phi) is 2.03. The summed E-state index contributed by atoms with van der Waals surface area (Å²) in [6.45, 7) is -0.264. The van der Waals surface area contributed by atoms with Gasteiger partial charge in [0.2, 0.25) is 0 Å². The number of aromatic nitrogens is 2. The molecule has 56 valence electrons. The molecule has 0 aliphatic heterocycles. The average Bonchev–Trinajstić information content (AvgIpc) is 2.34. The first-order valence-corrected chi connectivity index (χ1v) is 3.01. The SMILES string of the molecule is Cn1cncc1C(O)CO. The Morgan fingerprint density at radius 3 is 2.90 bits per heavy atom. The Morgan fingerprint density at radius 1 is 1.80 bits per heavy atom. The second-order valence-electron chi connectivity index (χ2n) is 2.13. The number of aliphatic hydroxyl groups is 2. The molecular formula is C6H10N2O2. The van der Waals surface area contributed by atoms with E-state index in [2.05, 4.69) is 4.98 Å². The monoisotopic (exact) mass is 142 g/mol. The summed E-state index contributed by atoms with van der Waals surface area (Å²) < 4.78 is 1.67. The van der Waals surface area contributed by atoms with Crippen molar-refractivity contribution in [3.05, 3.63) is 18.2 Å². The molecule has 10 heavy (non-hydrogen) atoms. The van der Waals surface area contributed by atoms with Gasteiger partial charge in [0.25, 0.3) is 0 Å². The molecule has 0 amide bonds. The molecule has 1 heterocycles. The molecule has 0 saturated heterocycles. The van der Waals surface area contributed by atoms with Crippen LogP contribution in [0.4, 0.5) is 0 Å². The topological polar surface area (TPSA) is 58.3 Å². The summed E-state index contributed by atoms with van der Waals surface area (Å²) in [5.74, 6) is 0. The number of aliphatic hydroxyl groups excluding tert-OH is 2. The van der Waals surface area contributed by atoms with Gasteiger partial charge in [0.1, 0.15) is 6.10 Å². The molecule has 0 fully saturated rings. The molecule has 4 heteroatoms. The zero-order valence-electron chi connectivity index (χ0n) is 5.73. The number of hydrogen-bond acceptors (Lipinski definition) is 3. The van der Waals surface area contributed by atoms with Gasteiger partial charge in [0.15, 0.2) is 0 Å². The predicted octanol–water partition coefficient (Wildman–Crippen LogP) is -0.554. The molecule has 1 aromatic rings. The van der Waals surface area contributed by atoms with Crippen LogP contribution < -0.4 is 0 Å². The van der Waals surface area contributed by atoms with Crippen molar-refractivity contribution in [1.82, 2.24) is 9.55 Å². The van der Waals surface area contributed by atoms with Crippen molar-refractivity contribution < 1.29 is 10.2 Å². The molecule has 1 unspecified atom stereocenters. The number of hydrogen-bond donors (Lipinski definition) is 2. The van der Waals surface area contributed by atoms with Gasteiger partial charge in [0, 0.05) is 7.05 Å². The van der Waals surface area contributed by atoms with Crippen molar-refractivity contribution in [3.8, 4) is 0 Å². The second-order valence-corrected chi connectivity index (χ2v) is 2.13. The van der Waals surface area contributed by atoms with Crippen LogP contribution in [0.2, 0.25) is 0 Å². The molecule has 1 atom stereocenters. The zero-order valence-corrected chi connectivity index (χ0v) is 5.73. The lowest BCUT2D eigenvalue weighted by molar-refractivity contribution is 0.0900. The number of aryl methyl sites for hydroxylation is 1. The molecule has 0 bridgehead atoms. The van der Waals surface area contributed by atoms with Crippen LogP contribution in [0.3, 0.4) is 0 Å². The van der Waals surface area contributed by atoms with E-state index < -0.39 is 6.10 Å². The van der Waals surface area contributed by atoms with Crippen LogP contribution in [-0.4, -0.2) is 26.4 Å². The summed E-state index contributed by atoms with van der Waals surface area (Å²) >= 11 is 0. The second kappa shape index (κ2) is 2.81. The summed E-state index contributed by atoms with van der Waals surface area (Å²) in [4.78, 5) is 3.78. The van der Waals surface area contributed by atoms with Gasteiger partial charge in [-0.1, -0.05) is 0 Å². The van der Waals surface area contributed by atoms with Crippen molar-refractivity contribution in [2.24, 2.45) is 7.05 Å². The summed E-state index contributed by atoms with van der Waals surface area (Å²) in [7, 11) is 1.77. The van der Waals surface area contributed by atoms with Crippen molar-refractivity contribution >= 4 is 0 Å². The van der Waals surface area contributed by atoms with E-state index in [1.54, 1.807) is 17.9 Å². The number of nitrogens with zero attached hydrogens (tertiary/aromatic N) is 2. The highest BCUT2D eigenvalue weighted by Gasteiger charge is 2.08. The third-order valence-electron chi connectivity index (χ3n) is 1.37. The molecule has 0 aromatic carbocycles. The average molecular weight is 142 g/mol. The van der Waals surface area contributed by atoms with Crippen LogP contribution in [0, 0.1) is 0 Å². The van der Waals surface area contributed by atoms with Gasteiger partial charge < -0.3 is 14.8 Å². The molecule has 0 spiro atoms. The van der Waals surface area contributed by atoms with E-state index in [1.165, 1.54) is 6.20 Å². The van der Waals surface area contributed by atoms with E-state index in [-0.39, 0.29) is 6.61 Å². The van der Waals surface area contributed by atoms with Crippen LogP contribution in [0.25, 0.3) is 0 Å². The number of rotatable bonds is 2. The maximum atomic E-state index is 9.09. The first-order chi connectivity index (χ1) is 4.75. The lowest BCUT2D eigenvalue weighted by atomic mass is 10.3. The smallest absolute Gasteiger partial charge is 0.118 e. The maximum Gasteiger partial charge on any atom is 0.118 e. The highest BCUT2D eigenvalue weighted by Crippen LogP contribution is 2.08. The molecule has 4 nitrogen and oxygen atoms in total. The quantitative estimate of drug-likeness (QED) is 0.582. The van der Waals surface area contributed by atoms with Crippen LogP contribution in [-0.2, 0) is 7.05 Å². The fourth-order valence-corrected chi connectivity index (χ4v) is 0.782. The van der Waals surface area contributed by atoms with E-state index in [4.69, 9.17) is 10.2 Å². The van der Waals surface area contributed by atoms with Crippen molar-refractivity contribution in [2.45, 2.75) is 6.10 Å². The first-order valence-electron chi connectivity index (χ1n) is 3.01. The Labute approximate surface area is 58.8 Å². The lowest BCUT2D eigenvalue weighted by Crippen LogP contribution is -2.06. The minimum Gasteiger partial charge on any atom is -0.393 e. The summed E-state index contributed by atoms with van der Waals surface area (Å²) in [6.07, 6.45) is 2.29. The fourth-order valence-electron chi connectivity index (χ4n) is 0.782. The normalized spacial score (nSPS) is 13.5. The van der Waals surface area contributed by atoms with Crippen LogP contribution in [0.1, 0.15) is 11.8 Å². The van der Waals surface area contributed by atoms with Crippen molar-refractivity contribution in [3.63, 3.8) is 0 Å². The van der Waals surface area contributed by atoms with Gasteiger partial charge in [-0.2, -0.15) is 0 Å².